The number of nitrogens with one attached hydrogen (secondary N) is 2. The van der Waals surface area contributed by atoms with Crippen LogP contribution in [0.2, 0.25) is 0 Å². The fraction of sp³-hybridized carbons (Fsp3) is 0.214. The van der Waals surface area contributed by atoms with E-state index in [2.05, 4.69) is 31.8 Å². The smallest absolute Gasteiger partial charge is 0.218 e. The van der Waals surface area contributed by atoms with E-state index in [1.165, 1.54) is 13.0 Å². The standard InChI is InChI=1S/C14H14BrN3O2/c1-10(19)16-14(15)8-7-13(20)12(9-14)18-17-11-5-3-2-4-6-11/h2-8,17H,9H2,1H3,(H,16,19)/b18-12-. The second-order valence-electron chi connectivity index (χ2n) is 4.45. The predicted octanol–water partition coefficient (Wildman–Crippen LogP) is 2.21. The summed E-state index contributed by atoms with van der Waals surface area (Å²) in [5, 5.41) is 6.86. The molecule has 104 valence electrons. The Balaban J connectivity index is 2.13. The zero-order valence-electron chi connectivity index (χ0n) is 10.9. The summed E-state index contributed by atoms with van der Waals surface area (Å²) in [6.45, 7) is 1.42. The first-order valence-corrected chi connectivity index (χ1v) is 6.87. The van der Waals surface area contributed by atoms with Gasteiger partial charge < -0.3 is 5.32 Å². The van der Waals surface area contributed by atoms with Crippen molar-refractivity contribution in [2.45, 2.75) is 17.8 Å². The van der Waals surface area contributed by atoms with Gasteiger partial charge in [-0.15, -0.1) is 0 Å². The van der Waals surface area contributed by atoms with Crippen LogP contribution in [0.3, 0.4) is 0 Å². The molecule has 0 saturated heterocycles. The Bertz CT molecular complexity index is 583. The molecule has 0 spiro atoms. The van der Waals surface area contributed by atoms with Gasteiger partial charge in [0.15, 0.2) is 0 Å². The van der Waals surface area contributed by atoms with Gasteiger partial charge in [0.1, 0.15) is 10.2 Å². The topological polar surface area (TPSA) is 70.6 Å². The van der Waals surface area contributed by atoms with Crippen LogP contribution in [-0.4, -0.2) is 21.9 Å². The molecule has 0 aromatic heterocycles. The number of hydrazone groups is 1. The minimum Gasteiger partial charge on any atom is -0.337 e. The van der Waals surface area contributed by atoms with Gasteiger partial charge in [0, 0.05) is 13.3 Å². The van der Waals surface area contributed by atoms with Gasteiger partial charge in [-0.3, -0.25) is 15.0 Å². The van der Waals surface area contributed by atoms with Crippen LogP contribution in [0.4, 0.5) is 5.69 Å². The maximum absolute atomic E-state index is 11.8. The Morgan fingerprint density at radius 1 is 1.35 bits per heavy atom. The summed E-state index contributed by atoms with van der Waals surface area (Å²) in [5.74, 6) is -0.356. The quantitative estimate of drug-likeness (QED) is 0.505. The van der Waals surface area contributed by atoms with E-state index in [0.29, 0.717) is 5.71 Å². The van der Waals surface area contributed by atoms with Gasteiger partial charge in [0.25, 0.3) is 0 Å². The van der Waals surface area contributed by atoms with Crippen molar-refractivity contribution in [3.63, 3.8) is 0 Å². The highest BCUT2D eigenvalue weighted by Gasteiger charge is 2.32. The lowest BCUT2D eigenvalue weighted by Gasteiger charge is -2.27. The lowest BCUT2D eigenvalue weighted by atomic mass is 9.99. The van der Waals surface area contributed by atoms with Crippen LogP contribution in [0.15, 0.2) is 47.6 Å². The summed E-state index contributed by atoms with van der Waals surface area (Å²) in [6, 6.07) is 9.34. The van der Waals surface area contributed by atoms with E-state index in [1.54, 1.807) is 6.08 Å². The lowest BCUT2D eigenvalue weighted by molar-refractivity contribution is -0.119. The summed E-state index contributed by atoms with van der Waals surface area (Å²) < 4.78 is -0.760. The fourth-order valence-electron chi connectivity index (χ4n) is 1.81. The zero-order chi connectivity index (χ0) is 14.6. The molecule has 0 saturated carbocycles. The molecule has 0 fully saturated rings. The largest absolute Gasteiger partial charge is 0.337 e. The van der Waals surface area contributed by atoms with E-state index in [0.717, 1.165) is 5.69 Å². The van der Waals surface area contributed by atoms with Crippen LogP contribution in [0, 0.1) is 0 Å². The number of benzene rings is 1. The van der Waals surface area contributed by atoms with Gasteiger partial charge in [-0.2, -0.15) is 5.10 Å². The molecule has 1 aromatic carbocycles. The fourth-order valence-corrected chi connectivity index (χ4v) is 2.49. The Labute approximate surface area is 125 Å². The molecule has 1 atom stereocenters. The minimum absolute atomic E-state index is 0.172. The third-order valence-electron chi connectivity index (χ3n) is 2.69. The van der Waals surface area contributed by atoms with E-state index >= 15 is 0 Å². The van der Waals surface area contributed by atoms with Gasteiger partial charge in [-0.05, 0) is 24.3 Å². The Kier molecular flexibility index (Phi) is 4.34. The molecule has 1 unspecified atom stereocenters. The average Bonchev–Trinajstić information content (AvgIpc) is 2.40. The summed E-state index contributed by atoms with van der Waals surface area (Å²) >= 11 is 3.41. The molecule has 1 amide bonds. The van der Waals surface area contributed by atoms with Crippen molar-refractivity contribution in [3.8, 4) is 0 Å². The number of anilines is 1. The molecule has 2 N–H and O–H groups in total. The summed E-state index contributed by atoms with van der Waals surface area (Å²) in [6.07, 6.45) is 3.31. The van der Waals surface area contributed by atoms with Crippen LogP contribution in [0.5, 0.6) is 0 Å². The molecule has 0 radical (unpaired) electrons. The van der Waals surface area contributed by atoms with Gasteiger partial charge in [0.05, 0.1) is 5.69 Å². The maximum atomic E-state index is 11.8. The number of nitrogens with zero attached hydrogens (tertiary/aromatic N) is 1. The SMILES string of the molecule is CC(=O)NC1(Br)C=CC(=O)/C(=N\Nc2ccccc2)C1. The number of amides is 1. The highest BCUT2D eigenvalue weighted by Crippen LogP contribution is 2.26. The Morgan fingerprint density at radius 2 is 2.05 bits per heavy atom. The summed E-state index contributed by atoms with van der Waals surface area (Å²) in [4.78, 5) is 23.0. The second-order valence-corrected chi connectivity index (χ2v) is 5.87. The number of allylic oxidation sites excluding steroid dienone is 1. The lowest BCUT2D eigenvalue weighted by Crippen LogP contribution is -2.45. The van der Waals surface area contributed by atoms with E-state index in [1.807, 2.05) is 30.3 Å². The number of carbonyl (C=O) groups is 2. The molecule has 1 aliphatic rings. The van der Waals surface area contributed by atoms with Crippen LogP contribution in [-0.2, 0) is 9.59 Å². The maximum Gasteiger partial charge on any atom is 0.218 e. The van der Waals surface area contributed by atoms with Crippen LogP contribution < -0.4 is 10.7 Å². The average molecular weight is 336 g/mol. The van der Waals surface area contributed by atoms with Crippen molar-refractivity contribution >= 4 is 39.0 Å². The van der Waals surface area contributed by atoms with E-state index in [9.17, 15) is 9.59 Å². The first-order chi connectivity index (χ1) is 9.48. The molecule has 1 aliphatic carbocycles. The first kappa shape index (κ1) is 14.5. The molecule has 0 heterocycles. The first-order valence-electron chi connectivity index (χ1n) is 6.07. The molecule has 6 heteroatoms. The van der Waals surface area contributed by atoms with Crippen LogP contribution >= 0.6 is 15.9 Å². The van der Waals surface area contributed by atoms with Crippen molar-refractivity contribution in [3.05, 3.63) is 42.5 Å². The van der Waals surface area contributed by atoms with Crippen molar-refractivity contribution in [1.29, 1.82) is 0 Å². The minimum atomic E-state index is -0.760. The van der Waals surface area contributed by atoms with Crippen molar-refractivity contribution in [2.75, 3.05) is 5.43 Å². The van der Waals surface area contributed by atoms with E-state index in [4.69, 9.17) is 0 Å². The van der Waals surface area contributed by atoms with Crippen molar-refractivity contribution in [1.82, 2.24) is 5.32 Å². The Hall–Kier alpha value is -1.95. The molecular formula is C14H14BrN3O2. The number of para-hydroxylation sites is 1. The van der Waals surface area contributed by atoms with Gasteiger partial charge in [0.2, 0.25) is 11.7 Å². The molecule has 0 bridgehead atoms. The molecule has 2 rings (SSSR count). The van der Waals surface area contributed by atoms with Gasteiger partial charge >= 0.3 is 0 Å². The number of alkyl halides is 1. The zero-order valence-corrected chi connectivity index (χ0v) is 12.5. The molecule has 0 aliphatic heterocycles. The number of carbonyl (C=O) groups excluding carboxylic acids is 2. The molecule has 5 nitrogen and oxygen atoms in total. The van der Waals surface area contributed by atoms with Gasteiger partial charge in [-0.1, -0.05) is 34.1 Å². The molecule has 20 heavy (non-hydrogen) atoms. The monoisotopic (exact) mass is 335 g/mol. The van der Waals surface area contributed by atoms with E-state index < -0.39 is 4.45 Å². The highest BCUT2D eigenvalue weighted by atomic mass is 79.9. The number of rotatable bonds is 3. The molecule has 1 aromatic rings. The van der Waals surface area contributed by atoms with Crippen molar-refractivity contribution < 1.29 is 9.59 Å². The Morgan fingerprint density at radius 3 is 2.70 bits per heavy atom. The third-order valence-corrected chi connectivity index (χ3v) is 3.43. The second kappa shape index (κ2) is 6.00. The predicted molar refractivity (Wildman–Crippen MR) is 81.7 cm³/mol. The van der Waals surface area contributed by atoms with Crippen LogP contribution in [0.1, 0.15) is 13.3 Å². The number of halogens is 1. The number of hydrogen-bond acceptors (Lipinski definition) is 4. The van der Waals surface area contributed by atoms with E-state index in [-0.39, 0.29) is 18.1 Å². The number of ketones is 1. The number of hydrogen-bond donors (Lipinski definition) is 2. The van der Waals surface area contributed by atoms with Crippen molar-refractivity contribution in [2.24, 2.45) is 5.10 Å². The third kappa shape index (κ3) is 3.77. The summed E-state index contributed by atoms with van der Waals surface area (Å²) in [5.41, 5.74) is 3.98. The normalized spacial score (nSPS) is 23.7. The summed E-state index contributed by atoms with van der Waals surface area (Å²) in [7, 11) is 0. The highest BCUT2D eigenvalue weighted by molar-refractivity contribution is 9.10. The molecular weight excluding hydrogens is 322 g/mol. The van der Waals surface area contributed by atoms with Crippen LogP contribution in [0.25, 0.3) is 0 Å². The van der Waals surface area contributed by atoms with Gasteiger partial charge in [-0.25, -0.2) is 0 Å².